The minimum atomic E-state index is -0.465. The van der Waals surface area contributed by atoms with Gasteiger partial charge < -0.3 is 4.74 Å². The van der Waals surface area contributed by atoms with E-state index in [1.165, 1.54) is 12.1 Å². The summed E-state index contributed by atoms with van der Waals surface area (Å²) in [7, 11) is 0. The van der Waals surface area contributed by atoms with E-state index in [4.69, 9.17) is 4.74 Å². The molecule has 2 nitrogen and oxygen atoms in total. The molecule has 0 aromatic heterocycles. The highest BCUT2D eigenvalue weighted by atomic mass is 35.5. The standard InChI is InChI=1S/C11H14FNO.ClH/c1-8-7-14-11(2,13-8)9-3-5-10(12)6-4-9;/h3-6,8,13H,7H2,1-2H3;1H. The Morgan fingerprint density at radius 1 is 1.40 bits per heavy atom. The molecule has 84 valence electrons. The van der Waals surface area contributed by atoms with Gasteiger partial charge in [0.25, 0.3) is 0 Å². The molecule has 0 amide bonds. The van der Waals surface area contributed by atoms with Gasteiger partial charge in [0.2, 0.25) is 0 Å². The zero-order valence-corrected chi connectivity index (χ0v) is 9.60. The predicted octanol–water partition coefficient (Wildman–Crippen LogP) is 2.43. The molecule has 1 aromatic carbocycles. The van der Waals surface area contributed by atoms with E-state index in [1.54, 1.807) is 12.1 Å². The Bertz CT molecular complexity index is 330. The molecule has 2 rings (SSSR count). The van der Waals surface area contributed by atoms with Gasteiger partial charge in [-0.05, 0) is 31.5 Å². The molecule has 0 saturated carbocycles. The van der Waals surface area contributed by atoms with E-state index in [-0.39, 0.29) is 18.2 Å². The van der Waals surface area contributed by atoms with Crippen LogP contribution in [0.5, 0.6) is 0 Å². The molecule has 1 aromatic rings. The van der Waals surface area contributed by atoms with Crippen LogP contribution in [0.1, 0.15) is 19.4 Å². The van der Waals surface area contributed by atoms with Crippen LogP contribution in [0.25, 0.3) is 0 Å². The molecule has 1 aliphatic rings. The lowest BCUT2D eigenvalue weighted by molar-refractivity contribution is 0.00232. The molecule has 15 heavy (non-hydrogen) atoms. The van der Waals surface area contributed by atoms with Crippen LogP contribution in [0.2, 0.25) is 0 Å². The third-order valence-electron chi connectivity index (χ3n) is 2.54. The summed E-state index contributed by atoms with van der Waals surface area (Å²) in [6.45, 7) is 4.71. The van der Waals surface area contributed by atoms with Crippen LogP contribution in [-0.4, -0.2) is 12.6 Å². The highest BCUT2D eigenvalue weighted by Crippen LogP contribution is 2.27. The van der Waals surface area contributed by atoms with Crippen LogP contribution >= 0.6 is 12.4 Å². The molecule has 2 atom stereocenters. The summed E-state index contributed by atoms with van der Waals surface area (Å²) in [6.07, 6.45) is 0. The van der Waals surface area contributed by atoms with E-state index in [9.17, 15) is 4.39 Å². The van der Waals surface area contributed by atoms with Gasteiger partial charge in [0.1, 0.15) is 11.5 Å². The highest BCUT2D eigenvalue weighted by Gasteiger charge is 2.34. The Balaban J connectivity index is 0.00000112. The quantitative estimate of drug-likeness (QED) is 0.802. The van der Waals surface area contributed by atoms with E-state index < -0.39 is 5.72 Å². The molecule has 2 unspecified atom stereocenters. The number of rotatable bonds is 1. The normalized spacial score (nSPS) is 29.9. The maximum Gasteiger partial charge on any atom is 0.142 e. The average molecular weight is 232 g/mol. The molecular formula is C11H15ClFNO. The first-order chi connectivity index (χ1) is 6.60. The van der Waals surface area contributed by atoms with Crippen molar-refractivity contribution in [2.24, 2.45) is 0 Å². The number of ether oxygens (including phenoxy) is 1. The fourth-order valence-corrected chi connectivity index (χ4v) is 1.78. The molecular weight excluding hydrogens is 217 g/mol. The molecule has 1 saturated heterocycles. The lowest BCUT2D eigenvalue weighted by atomic mass is 10.1. The van der Waals surface area contributed by atoms with Crippen molar-refractivity contribution in [2.75, 3.05) is 6.61 Å². The van der Waals surface area contributed by atoms with E-state index in [0.717, 1.165) is 5.56 Å². The van der Waals surface area contributed by atoms with Crippen LogP contribution in [0.4, 0.5) is 4.39 Å². The van der Waals surface area contributed by atoms with Gasteiger partial charge >= 0.3 is 0 Å². The Morgan fingerprint density at radius 2 is 2.00 bits per heavy atom. The number of hydrogen-bond donors (Lipinski definition) is 1. The smallest absolute Gasteiger partial charge is 0.142 e. The fourth-order valence-electron chi connectivity index (χ4n) is 1.78. The second kappa shape index (κ2) is 4.47. The highest BCUT2D eigenvalue weighted by molar-refractivity contribution is 5.85. The van der Waals surface area contributed by atoms with Crippen molar-refractivity contribution in [3.05, 3.63) is 35.6 Å². The summed E-state index contributed by atoms with van der Waals surface area (Å²) in [5, 5.41) is 3.32. The third kappa shape index (κ3) is 2.48. The van der Waals surface area contributed by atoms with Crippen molar-refractivity contribution in [1.29, 1.82) is 0 Å². The number of benzene rings is 1. The summed E-state index contributed by atoms with van der Waals surface area (Å²) >= 11 is 0. The van der Waals surface area contributed by atoms with Crippen LogP contribution in [0.15, 0.2) is 24.3 Å². The van der Waals surface area contributed by atoms with Crippen molar-refractivity contribution >= 4 is 12.4 Å². The Morgan fingerprint density at radius 3 is 2.47 bits per heavy atom. The van der Waals surface area contributed by atoms with Gasteiger partial charge in [-0.2, -0.15) is 0 Å². The van der Waals surface area contributed by atoms with Crippen molar-refractivity contribution in [3.8, 4) is 0 Å². The topological polar surface area (TPSA) is 21.3 Å². The van der Waals surface area contributed by atoms with Crippen LogP contribution < -0.4 is 5.32 Å². The molecule has 1 aliphatic heterocycles. The summed E-state index contributed by atoms with van der Waals surface area (Å²) < 4.78 is 18.4. The maximum absolute atomic E-state index is 12.7. The third-order valence-corrected chi connectivity index (χ3v) is 2.54. The Labute approximate surface area is 95.2 Å². The van der Waals surface area contributed by atoms with Crippen LogP contribution in [0, 0.1) is 5.82 Å². The molecule has 0 spiro atoms. The zero-order valence-electron chi connectivity index (χ0n) is 8.79. The van der Waals surface area contributed by atoms with Crippen molar-refractivity contribution < 1.29 is 9.13 Å². The minimum Gasteiger partial charge on any atom is -0.355 e. The van der Waals surface area contributed by atoms with E-state index in [0.29, 0.717) is 12.6 Å². The lowest BCUT2D eigenvalue weighted by Crippen LogP contribution is -2.37. The Hall–Kier alpha value is -0.640. The van der Waals surface area contributed by atoms with Gasteiger partial charge in [-0.3, -0.25) is 5.32 Å². The molecule has 4 heteroatoms. The maximum atomic E-state index is 12.7. The Kier molecular flexibility index (Phi) is 3.71. The summed E-state index contributed by atoms with van der Waals surface area (Å²) in [5.41, 5.74) is 0.496. The molecule has 1 fully saturated rings. The second-order valence-corrected chi connectivity index (χ2v) is 3.90. The zero-order chi connectivity index (χ0) is 10.2. The van der Waals surface area contributed by atoms with Gasteiger partial charge in [0.05, 0.1) is 6.61 Å². The predicted molar refractivity (Wildman–Crippen MR) is 59.5 cm³/mol. The van der Waals surface area contributed by atoms with Gasteiger partial charge in [-0.15, -0.1) is 12.4 Å². The van der Waals surface area contributed by atoms with Crippen molar-refractivity contribution in [2.45, 2.75) is 25.6 Å². The van der Waals surface area contributed by atoms with Gasteiger partial charge in [0, 0.05) is 6.04 Å². The average Bonchev–Trinajstić information content (AvgIpc) is 2.48. The van der Waals surface area contributed by atoms with Crippen molar-refractivity contribution in [3.63, 3.8) is 0 Å². The lowest BCUT2D eigenvalue weighted by Gasteiger charge is -2.24. The van der Waals surface area contributed by atoms with Crippen LogP contribution in [0.3, 0.4) is 0 Å². The first kappa shape index (κ1) is 12.4. The number of hydrogen-bond acceptors (Lipinski definition) is 2. The van der Waals surface area contributed by atoms with E-state index >= 15 is 0 Å². The molecule has 0 bridgehead atoms. The number of nitrogens with one attached hydrogen (secondary N) is 1. The van der Waals surface area contributed by atoms with E-state index in [2.05, 4.69) is 12.2 Å². The first-order valence-electron chi connectivity index (χ1n) is 4.78. The fraction of sp³-hybridized carbons (Fsp3) is 0.455. The van der Waals surface area contributed by atoms with Gasteiger partial charge in [0.15, 0.2) is 0 Å². The molecule has 0 aliphatic carbocycles. The van der Waals surface area contributed by atoms with Gasteiger partial charge in [-0.25, -0.2) is 4.39 Å². The minimum absolute atomic E-state index is 0. The second-order valence-electron chi connectivity index (χ2n) is 3.90. The molecule has 1 N–H and O–H groups in total. The largest absolute Gasteiger partial charge is 0.355 e. The summed E-state index contributed by atoms with van der Waals surface area (Å²) in [5.74, 6) is -0.219. The van der Waals surface area contributed by atoms with Gasteiger partial charge in [-0.1, -0.05) is 12.1 Å². The number of halogens is 2. The van der Waals surface area contributed by atoms with E-state index in [1.807, 2.05) is 6.92 Å². The first-order valence-corrected chi connectivity index (χ1v) is 4.78. The van der Waals surface area contributed by atoms with Crippen LogP contribution in [-0.2, 0) is 10.5 Å². The summed E-state index contributed by atoms with van der Waals surface area (Å²) in [6, 6.07) is 6.74. The molecule has 0 radical (unpaired) electrons. The van der Waals surface area contributed by atoms with Crippen molar-refractivity contribution in [1.82, 2.24) is 5.32 Å². The SMILES string of the molecule is CC1COC(C)(c2ccc(F)cc2)N1.Cl. The monoisotopic (exact) mass is 231 g/mol. The molecule has 1 heterocycles. The summed E-state index contributed by atoms with van der Waals surface area (Å²) in [4.78, 5) is 0.